The smallest absolute Gasteiger partial charge is 0.240 e. The third-order valence-electron chi connectivity index (χ3n) is 3.20. The van der Waals surface area contributed by atoms with Crippen LogP contribution in [0, 0.1) is 6.92 Å². The van der Waals surface area contributed by atoms with E-state index in [0.717, 1.165) is 11.3 Å². The van der Waals surface area contributed by atoms with Gasteiger partial charge in [0.15, 0.2) is 0 Å². The molecule has 0 heterocycles. The predicted octanol–water partition coefficient (Wildman–Crippen LogP) is 1.52. The molecule has 5 heteroatoms. The average molecular weight is 277 g/mol. The van der Waals surface area contributed by atoms with Crippen LogP contribution >= 0.6 is 0 Å². The molecule has 0 saturated heterocycles. The summed E-state index contributed by atoms with van der Waals surface area (Å²) in [7, 11) is 0. The Hall–Kier alpha value is -2.04. The van der Waals surface area contributed by atoms with Crippen LogP contribution in [0.4, 0.5) is 5.69 Å². The van der Waals surface area contributed by atoms with Crippen molar-refractivity contribution in [2.45, 2.75) is 33.2 Å². The van der Waals surface area contributed by atoms with E-state index in [0.29, 0.717) is 13.1 Å². The van der Waals surface area contributed by atoms with Crippen molar-refractivity contribution in [2.75, 3.05) is 18.4 Å². The zero-order valence-electron chi connectivity index (χ0n) is 12.3. The van der Waals surface area contributed by atoms with E-state index in [-0.39, 0.29) is 12.3 Å². The van der Waals surface area contributed by atoms with E-state index in [4.69, 9.17) is 5.73 Å². The zero-order valence-corrected chi connectivity index (χ0v) is 12.3. The molecule has 0 bridgehead atoms. The topological polar surface area (TPSA) is 75.4 Å². The largest absolute Gasteiger partial charge is 0.373 e. The molecule has 20 heavy (non-hydrogen) atoms. The molecular weight excluding hydrogens is 254 g/mol. The number of carbonyl (C=O) groups excluding carboxylic acids is 2. The Kier molecular flexibility index (Phi) is 6.03. The standard InChI is InChI=1S/C15H23N3O2/c1-4-18(5-2)14(19)10-13(15(16)20)17-12-8-6-7-11(3)9-12/h6-9,13,17H,4-5,10H2,1-3H3,(H2,16,20). The number of hydrogen-bond acceptors (Lipinski definition) is 3. The number of primary amides is 1. The lowest BCUT2D eigenvalue weighted by Crippen LogP contribution is -2.41. The first-order valence-corrected chi connectivity index (χ1v) is 6.88. The number of nitrogens with two attached hydrogens (primary N) is 1. The monoisotopic (exact) mass is 277 g/mol. The minimum Gasteiger partial charge on any atom is -0.373 e. The Morgan fingerprint density at radius 2 is 1.95 bits per heavy atom. The molecule has 0 fully saturated rings. The summed E-state index contributed by atoms with van der Waals surface area (Å²) in [6.07, 6.45) is 0.0744. The van der Waals surface area contributed by atoms with Crippen LogP contribution in [0.25, 0.3) is 0 Å². The van der Waals surface area contributed by atoms with Gasteiger partial charge < -0.3 is 16.0 Å². The number of rotatable bonds is 7. The predicted molar refractivity (Wildman–Crippen MR) is 80.3 cm³/mol. The number of nitrogens with zero attached hydrogens (tertiary/aromatic N) is 1. The number of benzene rings is 1. The summed E-state index contributed by atoms with van der Waals surface area (Å²) in [5.74, 6) is -0.592. The van der Waals surface area contributed by atoms with Gasteiger partial charge in [-0.1, -0.05) is 12.1 Å². The molecule has 1 aromatic carbocycles. The molecule has 1 unspecified atom stereocenters. The van der Waals surface area contributed by atoms with Crippen LogP contribution in [-0.4, -0.2) is 35.8 Å². The van der Waals surface area contributed by atoms with Gasteiger partial charge in [-0.25, -0.2) is 0 Å². The molecule has 1 atom stereocenters. The second-order valence-corrected chi connectivity index (χ2v) is 4.74. The Labute approximate surface area is 120 Å². The molecule has 5 nitrogen and oxygen atoms in total. The maximum Gasteiger partial charge on any atom is 0.240 e. The van der Waals surface area contributed by atoms with Crippen LogP contribution in [-0.2, 0) is 9.59 Å². The Bertz CT molecular complexity index is 470. The van der Waals surface area contributed by atoms with E-state index in [9.17, 15) is 9.59 Å². The van der Waals surface area contributed by atoms with Gasteiger partial charge >= 0.3 is 0 Å². The van der Waals surface area contributed by atoms with Crippen LogP contribution in [0.2, 0.25) is 0 Å². The number of amides is 2. The van der Waals surface area contributed by atoms with Crippen molar-refractivity contribution in [3.63, 3.8) is 0 Å². The fraction of sp³-hybridized carbons (Fsp3) is 0.467. The maximum atomic E-state index is 12.1. The van der Waals surface area contributed by atoms with E-state index in [1.165, 1.54) is 0 Å². The molecule has 0 aromatic heterocycles. The van der Waals surface area contributed by atoms with Crippen LogP contribution in [0.3, 0.4) is 0 Å². The van der Waals surface area contributed by atoms with Crippen molar-refractivity contribution >= 4 is 17.5 Å². The van der Waals surface area contributed by atoms with E-state index in [1.807, 2.05) is 45.0 Å². The van der Waals surface area contributed by atoms with Crippen LogP contribution < -0.4 is 11.1 Å². The lowest BCUT2D eigenvalue weighted by atomic mass is 10.1. The molecule has 0 saturated carbocycles. The molecule has 110 valence electrons. The number of anilines is 1. The lowest BCUT2D eigenvalue weighted by Gasteiger charge is -2.22. The Morgan fingerprint density at radius 1 is 1.30 bits per heavy atom. The summed E-state index contributed by atoms with van der Waals surface area (Å²) in [4.78, 5) is 25.3. The molecule has 1 rings (SSSR count). The van der Waals surface area contributed by atoms with Gasteiger partial charge in [0.05, 0.1) is 6.42 Å². The first-order valence-electron chi connectivity index (χ1n) is 6.88. The van der Waals surface area contributed by atoms with Crippen LogP contribution in [0.5, 0.6) is 0 Å². The summed E-state index contributed by atoms with van der Waals surface area (Å²) in [5.41, 5.74) is 7.25. The molecule has 1 aromatic rings. The van der Waals surface area contributed by atoms with Crippen molar-refractivity contribution in [2.24, 2.45) is 5.73 Å². The van der Waals surface area contributed by atoms with Gasteiger partial charge in [-0.05, 0) is 38.5 Å². The maximum absolute atomic E-state index is 12.1. The van der Waals surface area contributed by atoms with Crippen molar-refractivity contribution < 1.29 is 9.59 Å². The van der Waals surface area contributed by atoms with E-state index >= 15 is 0 Å². The first-order chi connectivity index (χ1) is 9.47. The molecule has 0 spiro atoms. The molecular formula is C15H23N3O2. The summed E-state index contributed by atoms with van der Waals surface area (Å²) < 4.78 is 0. The summed E-state index contributed by atoms with van der Waals surface area (Å²) >= 11 is 0. The number of carbonyl (C=O) groups is 2. The Balaban J connectivity index is 2.75. The SMILES string of the molecule is CCN(CC)C(=O)CC(Nc1cccc(C)c1)C(N)=O. The van der Waals surface area contributed by atoms with Gasteiger partial charge in [-0.2, -0.15) is 0 Å². The van der Waals surface area contributed by atoms with E-state index < -0.39 is 11.9 Å². The minimum atomic E-state index is -0.690. The Morgan fingerprint density at radius 3 is 2.45 bits per heavy atom. The fourth-order valence-corrected chi connectivity index (χ4v) is 2.04. The fourth-order valence-electron chi connectivity index (χ4n) is 2.04. The molecule has 2 amide bonds. The van der Waals surface area contributed by atoms with Crippen molar-refractivity contribution in [1.82, 2.24) is 4.90 Å². The molecule has 0 aliphatic rings. The highest BCUT2D eigenvalue weighted by Gasteiger charge is 2.21. The zero-order chi connectivity index (χ0) is 15.1. The van der Waals surface area contributed by atoms with E-state index in [2.05, 4.69) is 5.32 Å². The van der Waals surface area contributed by atoms with Gasteiger partial charge in [-0.15, -0.1) is 0 Å². The number of aryl methyl sites for hydroxylation is 1. The molecule has 0 radical (unpaired) electrons. The van der Waals surface area contributed by atoms with Gasteiger partial charge in [-0.3, -0.25) is 9.59 Å². The van der Waals surface area contributed by atoms with Gasteiger partial charge in [0.1, 0.15) is 6.04 Å². The van der Waals surface area contributed by atoms with Gasteiger partial charge in [0.25, 0.3) is 0 Å². The highest BCUT2D eigenvalue weighted by Crippen LogP contribution is 2.12. The quantitative estimate of drug-likeness (QED) is 0.793. The average Bonchev–Trinajstić information content (AvgIpc) is 2.39. The highest BCUT2D eigenvalue weighted by atomic mass is 16.2. The normalized spacial score (nSPS) is 11.8. The van der Waals surface area contributed by atoms with Crippen molar-refractivity contribution in [3.05, 3.63) is 29.8 Å². The second kappa shape index (κ2) is 7.53. The first kappa shape index (κ1) is 16.0. The third-order valence-corrected chi connectivity index (χ3v) is 3.20. The summed E-state index contributed by atoms with van der Waals surface area (Å²) in [6, 6.07) is 6.93. The molecule has 0 aliphatic heterocycles. The van der Waals surface area contributed by atoms with E-state index in [1.54, 1.807) is 4.90 Å². The second-order valence-electron chi connectivity index (χ2n) is 4.74. The molecule has 0 aliphatic carbocycles. The van der Waals surface area contributed by atoms with Crippen LogP contribution in [0.15, 0.2) is 24.3 Å². The number of hydrogen-bond donors (Lipinski definition) is 2. The van der Waals surface area contributed by atoms with Gasteiger partial charge in [0.2, 0.25) is 11.8 Å². The number of nitrogens with one attached hydrogen (secondary N) is 1. The highest BCUT2D eigenvalue weighted by molar-refractivity contribution is 5.89. The molecule has 3 N–H and O–H groups in total. The van der Waals surface area contributed by atoms with Crippen molar-refractivity contribution in [1.29, 1.82) is 0 Å². The third kappa shape index (κ3) is 4.57. The summed E-state index contributed by atoms with van der Waals surface area (Å²) in [6.45, 7) is 7.05. The van der Waals surface area contributed by atoms with Crippen LogP contribution in [0.1, 0.15) is 25.8 Å². The summed E-state index contributed by atoms with van der Waals surface area (Å²) in [5, 5.41) is 3.03. The van der Waals surface area contributed by atoms with Gasteiger partial charge in [0, 0.05) is 18.8 Å². The lowest BCUT2D eigenvalue weighted by molar-refractivity contribution is -0.133. The van der Waals surface area contributed by atoms with Crippen molar-refractivity contribution in [3.8, 4) is 0 Å². The minimum absolute atomic E-state index is 0.0704.